The molecule has 1 aliphatic rings. The average molecular weight is 241 g/mol. The molecule has 2 unspecified atom stereocenters. The lowest BCUT2D eigenvalue weighted by atomic mass is 9.94. The smallest absolute Gasteiger partial charge is 0.302 e. The van der Waals surface area contributed by atoms with E-state index in [9.17, 15) is 4.79 Å². The summed E-state index contributed by atoms with van der Waals surface area (Å²) in [6.07, 6.45) is 6.77. The first-order chi connectivity index (χ1) is 8.13. The molecule has 0 aliphatic carbocycles. The van der Waals surface area contributed by atoms with Crippen molar-refractivity contribution in [2.24, 2.45) is 5.92 Å². The molecule has 4 nitrogen and oxygen atoms in total. The molecular weight excluding hydrogens is 218 g/mol. The molecule has 0 bridgehead atoms. The number of hydrogen-bond acceptors (Lipinski definition) is 4. The molecule has 0 amide bonds. The third-order valence-corrected chi connectivity index (χ3v) is 3.02. The standard InChI is InChI=1S/C13H23NO3/c1-11(16)17-13-7-8-14(2)10-12(13)6-4-3-5-9-15/h4,6,12-13,15H,3,5,7-10H2,1-2H3. The van der Waals surface area contributed by atoms with Gasteiger partial charge in [-0.25, -0.2) is 0 Å². The zero-order valence-corrected chi connectivity index (χ0v) is 10.8. The van der Waals surface area contributed by atoms with Gasteiger partial charge in [-0.3, -0.25) is 4.79 Å². The van der Waals surface area contributed by atoms with E-state index in [2.05, 4.69) is 24.1 Å². The molecule has 4 heteroatoms. The van der Waals surface area contributed by atoms with E-state index in [0.29, 0.717) is 0 Å². The fourth-order valence-electron chi connectivity index (χ4n) is 2.15. The van der Waals surface area contributed by atoms with Crippen LogP contribution >= 0.6 is 0 Å². The van der Waals surface area contributed by atoms with Crippen LogP contribution in [0.4, 0.5) is 0 Å². The lowest BCUT2D eigenvalue weighted by molar-refractivity contribution is -0.150. The first-order valence-corrected chi connectivity index (χ1v) is 6.26. The van der Waals surface area contributed by atoms with Crippen molar-refractivity contribution >= 4 is 5.97 Å². The molecule has 1 heterocycles. The van der Waals surface area contributed by atoms with Gasteiger partial charge in [0, 0.05) is 32.5 Å². The quantitative estimate of drug-likeness (QED) is 0.446. The van der Waals surface area contributed by atoms with Gasteiger partial charge in [-0.05, 0) is 26.3 Å². The lowest BCUT2D eigenvalue weighted by Gasteiger charge is -2.34. The van der Waals surface area contributed by atoms with E-state index in [1.165, 1.54) is 6.92 Å². The number of aliphatic hydroxyl groups excluding tert-OH is 1. The summed E-state index contributed by atoms with van der Waals surface area (Å²) in [7, 11) is 2.08. The number of ether oxygens (including phenoxy) is 1. The van der Waals surface area contributed by atoms with Gasteiger partial charge < -0.3 is 14.7 Å². The number of esters is 1. The van der Waals surface area contributed by atoms with Crippen molar-refractivity contribution < 1.29 is 14.6 Å². The summed E-state index contributed by atoms with van der Waals surface area (Å²) in [5.74, 6) is 0.0738. The maximum absolute atomic E-state index is 11.0. The maximum Gasteiger partial charge on any atom is 0.302 e. The molecule has 1 saturated heterocycles. The molecule has 1 rings (SSSR count). The van der Waals surface area contributed by atoms with Crippen molar-refractivity contribution in [1.82, 2.24) is 4.90 Å². The normalized spacial score (nSPS) is 26.3. The Labute approximate surface area is 103 Å². The summed E-state index contributed by atoms with van der Waals surface area (Å²) in [6, 6.07) is 0. The Morgan fingerprint density at radius 1 is 1.59 bits per heavy atom. The zero-order chi connectivity index (χ0) is 12.7. The molecule has 0 aromatic rings. The van der Waals surface area contributed by atoms with Crippen molar-refractivity contribution in [3.63, 3.8) is 0 Å². The number of allylic oxidation sites excluding steroid dienone is 1. The molecule has 0 aromatic heterocycles. The highest BCUT2D eigenvalue weighted by Crippen LogP contribution is 2.21. The first-order valence-electron chi connectivity index (χ1n) is 6.26. The molecule has 1 aliphatic heterocycles. The average Bonchev–Trinajstić information content (AvgIpc) is 2.27. The van der Waals surface area contributed by atoms with E-state index < -0.39 is 0 Å². The molecule has 1 N–H and O–H groups in total. The number of hydrogen-bond donors (Lipinski definition) is 1. The first kappa shape index (κ1) is 14.2. The number of likely N-dealkylation sites (tertiary alicyclic amines) is 1. The van der Waals surface area contributed by atoms with Gasteiger partial charge in [-0.1, -0.05) is 12.2 Å². The third-order valence-electron chi connectivity index (χ3n) is 3.02. The van der Waals surface area contributed by atoms with Gasteiger partial charge in [0.25, 0.3) is 0 Å². The summed E-state index contributed by atoms with van der Waals surface area (Å²) in [5.41, 5.74) is 0. The Hall–Kier alpha value is -0.870. The Balaban J connectivity index is 2.48. The van der Waals surface area contributed by atoms with Crippen LogP contribution in [0.2, 0.25) is 0 Å². The van der Waals surface area contributed by atoms with E-state index in [0.717, 1.165) is 32.4 Å². The molecule has 0 spiro atoms. The third kappa shape index (κ3) is 5.33. The van der Waals surface area contributed by atoms with Crippen LogP contribution in [-0.2, 0) is 9.53 Å². The molecule has 2 atom stereocenters. The molecular formula is C13H23NO3. The van der Waals surface area contributed by atoms with E-state index in [-0.39, 0.29) is 24.6 Å². The van der Waals surface area contributed by atoms with Crippen molar-refractivity contribution in [2.75, 3.05) is 26.7 Å². The van der Waals surface area contributed by atoms with E-state index in [4.69, 9.17) is 9.84 Å². The molecule has 0 aromatic carbocycles. The van der Waals surface area contributed by atoms with E-state index in [1.54, 1.807) is 0 Å². The van der Waals surface area contributed by atoms with Gasteiger partial charge in [0.15, 0.2) is 0 Å². The number of unbranched alkanes of at least 4 members (excludes halogenated alkanes) is 1. The fourth-order valence-corrected chi connectivity index (χ4v) is 2.15. The summed E-state index contributed by atoms with van der Waals surface area (Å²) in [4.78, 5) is 13.3. The molecule has 0 saturated carbocycles. The Kier molecular flexibility index (Phi) is 6.22. The fraction of sp³-hybridized carbons (Fsp3) is 0.769. The van der Waals surface area contributed by atoms with Crippen LogP contribution in [-0.4, -0.2) is 48.8 Å². The van der Waals surface area contributed by atoms with Crippen molar-refractivity contribution in [2.45, 2.75) is 32.3 Å². The van der Waals surface area contributed by atoms with Gasteiger partial charge in [-0.2, -0.15) is 0 Å². The van der Waals surface area contributed by atoms with Crippen molar-refractivity contribution in [1.29, 1.82) is 0 Å². The van der Waals surface area contributed by atoms with Crippen LogP contribution in [0.15, 0.2) is 12.2 Å². The molecule has 17 heavy (non-hydrogen) atoms. The van der Waals surface area contributed by atoms with Gasteiger partial charge >= 0.3 is 5.97 Å². The second-order valence-electron chi connectivity index (χ2n) is 4.66. The van der Waals surface area contributed by atoms with E-state index >= 15 is 0 Å². The Morgan fingerprint density at radius 2 is 2.35 bits per heavy atom. The van der Waals surface area contributed by atoms with Crippen LogP contribution in [0.3, 0.4) is 0 Å². The van der Waals surface area contributed by atoms with E-state index in [1.807, 2.05) is 0 Å². The minimum atomic E-state index is -0.201. The number of nitrogens with zero attached hydrogens (tertiary/aromatic N) is 1. The second kappa shape index (κ2) is 7.45. The Morgan fingerprint density at radius 3 is 3.00 bits per heavy atom. The maximum atomic E-state index is 11.0. The number of piperidine rings is 1. The number of carbonyl (C=O) groups is 1. The monoisotopic (exact) mass is 241 g/mol. The van der Waals surface area contributed by atoms with Gasteiger partial charge in [0.2, 0.25) is 0 Å². The van der Waals surface area contributed by atoms with Crippen LogP contribution in [0, 0.1) is 5.92 Å². The van der Waals surface area contributed by atoms with Crippen molar-refractivity contribution in [3.8, 4) is 0 Å². The van der Waals surface area contributed by atoms with Gasteiger partial charge in [0.1, 0.15) is 6.10 Å². The highest BCUT2D eigenvalue weighted by Gasteiger charge is 2.27. The summed E-state index contributed by atoms with van der Waals surface area (Å²) in [6.45, 7) is 3.58. The highest BCUT2D eigenvalue weighted by molar-refractivity contribution is 5.66. The number of aliphatic hydroxyl groups is 1. The number of rotatable bonds is 5. The van der Waals surface area contributed by atoms with Crippen molar-refractivity contribution in [3.05, 3.63) is 12.2 Å². The zero-order valence-electron chi connectivity index (χ0n) is 10.8. The largest absolute Gasteiger partial charge is 0.462 e. The highest BCUT2D eigenvalue weighted by atomic mass is 16.5. The topological polar surface area (TPSA) is 49.8 Å². The van der Waals surface area contributed by atoms with Crippen LogP contribution in [0.1, 0.15) is 26.2 Å². The predicted octanol–water partition coefficient (Wildman–Crippen LogP) is 1.20. The van der Waals surface area contributed by atoms with Crippen LogP contribution in [0.5, 0.6) is 0 Å². The SMILES string of the molecule is CC(=O)OC1CCN(C)CC1C=CCCCO. The van der Waals surface area contributed by atoms with Gasteiger partial charge in [-0.15, -0.1) is 0 Å². The lowest BCUT2D eigenvalue weighted by Crippen LogP contribution is -2.42. The number of carbonyl (C=O) groups excluding carboxylic acids is 1. The molecule has 98 valence electrons. The van der Waals surface area contributed by atoms with Crippen LogP contribution < -0.4 is 0 Å². The summed E-state index contributed by atoms with van der Waals surface area (Å²) in [5, 5.41) is 8.70. The summed E-state index contributed by atoms with van der Waals surface area (Å²) >= 11 is 0. The predicted molar refractivity (Wildman–Crippen MR) is 66.6 cm³/mol. The minimum Gasteiger partial charge on any atom is -0.462 e. The summed E-state index contributed by atoms with van der Waals surface area (Å²) < 4.78 is 5.34. The molecule has 0 radical (unpaired) electrons. The second-order valence-corrected chi connectivity index (χ2v) is 4.66. The van der Waals surface area contributed by atoms with Crippen LogP contribution in [0.25, 0.3) is 0 Å². The molecule has 1 fully saturated rings. The Bertz CT molecular complexity index is 265. The van der Waals surface area contributed by atoms with Gasteiger partial charge in [0.05, 0.1) is 0 Å². The minimum absolute atomic E-state index is 0.00840.